The maximum absolute atomic E-state index is 4.78. The fourth-order valence-electron chi connectivity index (χ4n) is 1.42. The Balaban J connectivity index is -0.000000413. The van der Waals surface area contributed by atoms with E-state index in [-0.39, 0.29) is 0 Å². The first-order valence-corrected chi connectivity index (χ1v) is 10.4. The standard InChI is InChI=1S/C12H18NS2.C4H11N.2C2H6/c1-13(2,3)8-11-4-6-12(7-5-11)9-15-10-14;1-4-5(2)3;2*1-2/h4-7,10H,8-9H2,1-3H3;4H2,1-3H3;2*1-2H3/q+1;;;. The SMILES string of the molecule is CC.CC.CCN(C)C.C[N+](C)(C)Cc1ccc(CSC=S)cc1. The van der Waals surface area contributed by atoms with Crippen LogP contribution in [0.1, 0.15) is 45.7 Å². The molecule has 0 atom stereocenters. The van der Waals surface area contributed by atoms with E-state index in [4.69, 9.17) is 12.2 Å². The minimum absolute atomic E-state index is 0.966. The van der Waals surface area contributed by atoms with Crippen molar-refractivity contribution < 1.29 is 4.48 Å². The number of quaternary nitrogens is 1. The summed E-state index contributed by atoms with van der Waals surface area (Å²) in [7, 11) is 10.7. The molecule has 0 unspecified atom stereocenters. The predicted octanol–water partition coefficient (Wildman–Crippen LogP) is 5.70. The molecule has 0 fully saturated rings. The second-order valence-electron chi connectivity index (χ2n) is 6.07. The van der Waals surface area contributed by atoms with Crippen LogP contribution in [0.3, 0.4) is 0 Å². The quantitative estimate of drug-likeness (QED) is 0.465. The molecule has 24 heavy (non-hydrogen) atoms. The van der Waals surface area contributed by atoms with Crippen molar-refractivity contribution in [3.8, 4) is 0 Å². The Morgan fingerprint density at radius 1 is 0.958 bits per heavy atom. The highest BCUT2D eigenvalue weighted by molar-refractivity contribution is 8.20. The van der Waals surface area contributed by atoms with Crippen LogP contribution in [0.15, 0.2) is 24.3 Å². The average Bonchev–Trinajstić information content (AvgIpc) is 2.57. The van der Waals surface area contributed by atoms with Crippen LogP contribution >= 0.6 is 24.0 Å². The van der Waals surface area contributed by atoms with E-state index in [0.717, 1.165) is 23.3 Å². The lowest BCUT2D eigenvalue weighted by Crippen LogP contribution is -2.33. The fourth-order valence-corrected chi connectivity index (χ4v) is 2.08. The Bertz CT molecular complexity index is 368. The van der Waals surface area contributed by atoms with E-state index in [2.05, 4.69) is 71.3 Å². The maximum atomic E-state index is 4.78. The van der Waals surface area contributed by atoms with Crippen LogP contribution in [0.4, 0.5) is 0 Å². The number of thiocarbonyl (C=S) groups is 1. The Morgan fingerprint density at radius 3 is 1.62 bits per heavy atom. The molecule has 0 aliphatic rings. The fraction of sp³-hybridized carbons (Fsp3) is 0.650. The van der Waals surface area contributed by atoms with E-state index in [0.29, 0.717) is 0 Å². The van der Waals surface area contributed by atoms with E-state index in [1.165, 1.54) is 11.1 Å². The zero-order valence-electron chi connectivity index (χ0n) is 17.7. The summed E-state index contributed by atoms with van der Waals surface area (Å²) in [5.74, 6) is 0.980. The molecule has 1 aromatic rings. The monoisotopic (exact) mass is 373 g/mol. The van der Waals surface area contributed by atoms with Gasteiger partial charge in [-0.2, -0.15) is 0 Å². The summed E-state index contributed by atoms with van der Waals surface area (Å²) < 4.78 is 2.69. The lowest BCUT2D eigenvalue weighted by Gasteiger charge is -2.23. The molecule has 0 aromatic heterocycles. The highest BCUT2D eigenvalue weighted by Crippen LogP contribution is 2.13. The zero-order chi connectivity index (χ0) is 19.6. The molecule has 0 N–H and O–H groups in total. The van der Waals surface area contributed by atoms with Gasteiger partial charge in [0.25, 0.3) is 0 Å². The molecule has 0 aliphatic heterocycles. The molecule has 1 aromatic carbocycles. The summed E-state index contributed by atoms with van der Waals surface area (Å²) in [6.07, 6.45) is 0. The van der Waals surface area contributed by atoms with Gasteiger partial charge in [0.05, 0.1) is 21.1 Å². The molecule has 1 rings (SSSR count). The van der Waals surface area contributed by atoms with Crippen LogP contribution in [-0.4, -0.2) is 55.9 Å². The topological polar surface area (TPSA) is 3.24 Å². The van der Waals surface area contributed by atoms with E-state index >= 15 is 0 Å². The van der Waals surface area contributed by atoms with Gasteiger partial charge in [-0.25, -0.2) is 0 Å². The van der Waals surface area contributed by atoms with Crippen molar-refractivity contribution >= 4 is 28.7 Å². The summed E-state index contributed by atoms with van der Waals surface area (Å²) in [6, 6.07) is 8.80. The van der Waals surface area contributed by atoms with Crippen molar-refractivity contribution in [3.05, 3.63) is 35.4 Å². The third-order valence-corrected chi connectivity index (χ3v) is 3.67. The van der Waals surface area contributed by atoms with Crippen molar-refractivity contribution in [1.82, 2.24) is 4.90 Å². The Kier molecular flexibility index (Phi) is 22.4. The van der Waals surface area contributed by atoms with E-state index < -0.39 is 0 Å². The minimum Gasteiger partial charge on any atom is -0.327 e. The normalized spacial score (nSPS) is 9.62. The van der Waals surface area contributed by atoms with Crippen molar-refractivity contribution in [2.24, 2.45) is 0 Å². The van der Waals surface area contributed by atoms with Crippen molar-refractivity contribution in [1.29, 1.82) is 0 Å². The average molecular weight is 374 g/mol. The Labute approximate surface area is 162 Å². The zero-order valence-corrected chi connectivity index (χ0v) is 19.4. The van der Waals surface area contributed by atoms with Gasteiger partial charge in [0.2, 0.25) is 0 Å². The van der Waals surface area contributed by atoms with Gasteiger partial charge in [-0.3, -0.25) is 0 Å². The van der Waals surface area contributed by atoms with Gasteiger partial charge in [-0.05, 0) is 26.2 Å². The Hall–Kier alpha value is -0.420. The van der Waals surface area contributed by atoms with Gasteiger partial charge in [0.15, 0.2) is 0 Å². The van der Waals surface area contributed by atoms with Gasteiger partial charge in [-0.15, -0.1) is 11.8 Å². The van der Waals surface area contributed by atoms with Crippen molar-refractivity contribution in [2.45, 2.75) is 46.9 Å². The third kappa shape index (κ3) is 21.6. The molecule has 0 aliphatic carbocycles. The predicted molar refractivity (Wildman–Crippen MR) is 120 cm³/mol. The molecular formula is C20H41N2S2+. The first-order chi connectivity index (χ1) is 11.3. The van der Waals surface area contributed by atoms with Gasteiger partial charge < -0.3 is 9.38 Å². The first kappa shape index (κ1) is 28.4. The Morgan fingerprint density at radius 2 is 1.33 bits per heavy atom. The summed E-state index contributed by atoms with van der Waals surface area (Å²) in [4.78, 5) is 2.12. The van der Waals surface area contributed by atoms with Crippen LogP contribution < -0.4 is 0 Å². The molecular weight excluding hydrogens is 332 g/mol. The lowest BCUT2D eigenvalue weighted by molar-refractivity contribution is -0.884. The van der Waals surface area contributed by atoms with Gasteiger partial charge in [0.1, 0.15) is 6.54 Å². The summed E-state index contributed by atoms with van der Waals surface area (Å²) in [5, 5.41) is 0. The summed E-state index contributed by atoms with van der Waals surface area (Å²) in [6.45, 7) is 12.3. The summed E-state index contributed by atoms with van der Waals surface area (Å²) in [5.41, 5.74) is 2.73. The molecule has 4 heteroatoms. The largest absolute Gasteiger partial charge is 0.327 e. The number of thioether (sulfide) groups is 1. The molecule has 0 saturated heterocycles. The smallest absolute Gasteiger partial charge is 0.104 e. The van der Waals surface area contributed by atoms with Crippen LogP contribution in [0, 0.1) is 0 Å². The van der Waals surface area contributed by atoms with E-state index in [1.54, 1.807) is 16.5 Å². The third-order valence-electron chi connectivity index (χ3n) is 2.63. The van der Waals surface area contributed by atoms with Crippen molar-refractivity contribution in [2.75, 3.05) is 41.8 Å². The molecule has 0 amide bonds. The molecule has 0 bridgehead atoms. The number of nitrogens with zero attached hydrogens (tertiary/aromatic N) is 2. The number of rotatable bonds is 6. The highest BCUT2D eigenvalue weighted by atomic mass is 32.2. The second-order valence-corrected chi connectivity index (χ2v) is 7.46. The van der Waals surface area contributed by atoms with E-state index in [9.17, 15) is 0 Å². The van der Waals surface area contributed by atoms with Crippen LogP contribution in [0.25, 0.3) is 0 Å². The number of benzene rings is 1. The maximum Gasteiger partial charge on any atom is 0.104 e. The van der Waals surface area contributed by atoms with E-state index in [1.807, 2.05) is 27.7 Å². The van der Waals surface area contributed by atoms with Gasteiger partial charge >= 0.3 is 0 Å². The molecule has 0 heterocycles. The number of hydrogen-bond donors (Lipinski definition) is 0. The van der Waals surface area contributed by atoms with Crippen LogP contribution in [0.2, 0.25) is 0 Å². The van der Waals surface area contributed by atoms with Gasteiger partial charge in [-0.1, -0.05) is 71.1 Å². The van der Waals surface area contributed by atoms with Gasteiger partial charge in [0, 0.05) is 16.0 Å². The van der Waals surface area contributed by atoms with Crippen LogP contribution in [-0.2, 0) is 12.3 Å². The molecule has 0 radical (unpaired) electrons. The molecule has 0 saturated carbocycles. The molecule has 0 spiro atoms. The molecule has 2 nitrogen and oxygen atoms in total. The minimum atomic E-state index is 0.966. The summed E-state index contributed by atoms with van der Waals surface area (Å²) >= 11 is 6.45. The number of hydrogen-bond acceptors (Lipinski definition) is 3. The second kappa shape index (κ2) is 18.9. The molecule has 142 valence electrons. The first-order valence-electron chi connectivity index (χ1n) is 8.86. The van der Waals surface area contributed by atoms with Crippen molar-refractivity contribution in [3.63, 3.8) is 0 Å². The highest BCUT2D eigenvalue weighted by Gasteiger charge is 2.07. The lowest BCUT2D eigenvalue weighted by atomic mass is 10.1. The van der Waals surface area contributed by atoms with Crippen LogP contribution in [0.5, 0.6) is 0 Å².